The number of hydrogen-bond acceptors (Lipinski definition) is 5. The quantitative estimate of drug-likeness (QED) is 0.464. The van der Waals surface area contributed by atoms with E-state index in [4.69, 9.17) is 9.26 Å². The van der Waals surface area contributed by atoms with E-state index < -0.39 is 0 Å². The lowest BCUT2D eigenvalue weighted by atomic mass is 9.91. The van der Waals surface area contributed by atoms with Crippen molar-refractivity contribution in [3.8, 4) is 11.1 Å². The summed E-state index contributed by atoms with van der Waals surface area (Å²) in [5, 5.41) is 6.24. The van der Waals surface area contributed by atoms with Gasteiger partial charge in [0.05, 0.1) is 31.5 Å². The Kier molecular flexibility index (Phi) is 5.53. The van der Waals surface area contributed by atoms with Crippen molar-refractivity contribution in [2.24, 2.45) is 4.99 Å². The summed E-state index contributed by atoms with van der Waals surface area (Å²) in [7, 11) is 0. The lowest BCUT2D eigenvalue weighted by Crippen LogP contribution is -2.45. The number of halogens is 1. The molecule has 3 aromatic rings. The third-order valence-corrected chi connectivity index (χ3v) is 5.98. The average Bonchev–Trinajstić information content (AvgIpc) is 3.49. The predicted molar refractivity (Wildman–Crippen MR) is 116 cm³/mol. The van der Waals surface area contributed by atoms with E-state index in [9.17, 15) is 4.39 Å². The Morgan fingerprint density at radius 2 is 1.90 bits per heavy atom. The number of hydrogen-bond donors (Lipinski definition) is 1. The number of aliphatic imine (C=N–C) groups is 1. The Morgan fingerprint density at radius 3 is 2.65 bits per heavy atom. The molecule has 0 bridgehead atoms. The Morgan fingerprint density at radius 1 is 1.10 bits per heavy atom. The Balaban J connectivity index is 1.26. The van der Waals surface area contributed by atoms with Gasteiger partial charge in [0.25, 0.3) is 0 Å². The molecule has 0 radical (unpaired) electrons. The summed E-state index contributed by atoms with van der Waals surface area (Å²) in [6.07, 6.45) is 3.53. The Bertz CT molecular complexity index is 1060. The van der Waals surface area contributed by atoms with Crippen LogP contribution in [0.15, 0.2) is 64.1 Å². The van der Waals surface area contributed by atoms with Crippen LogP contribution in [-0.2, 0) is 16.7 Å². The number of nitrogens with one attached hydrogen (secondary N) is 1. The van der Waals surface area contributed by atoms with Crippen molar-refractivity contribution in [3.05, 3.63) is 77.4 Å². The molecule has 31 heavy (non-hydrogen) atoms. The van der Waals surface area contributed by atoms with E-state index in [1.54, 1.807) is 12.4 Å². The van der Waals surface area contributed by atoms with Crippen LogP contribution in [0.5, 0.6) is 0 Å². The van der Waals surface area contributed by atoms with Gasteiger partial charge in [0.15, 0.2) is 0 Å². The van der Waals surface area contributed by atoms with E-state index in [1.165, 1.54) is 0 Å². The molecule has 1 aliphatic heterocycles. The summed E-state index contributed by atoms with van der Waals surface area (Å²) in [4.78, 5) is 4.38. The highest BCUT2D eigenvalue weighted by Gasteiger charge is 2.49. The second-order valence-electron chi connectivity index (χ2n) is 8.02. The minimum atomic E-state index is -0.281. The smallest absolute Gasteiger partial charge is 0.147 e. The fraction of sp³-hybridized carbons (Fsp3) is 0.333. The van der Waals surface area contributed by atoms with Crippen LogP contribution in [0.25, 0.3) is 11.1 Å². The maximum absolute atomic E-state index is 14.9. The van der Waals surface area contributed by atoms with Crippen LogP contribution in [0.4, 0.5) is 4.39 Å². The largest absolute Gasteiger partial charge is 0.379 e. The first-order valence-corrected chi connectivity index (χ1v) is 10.6. The van der Waals surface area contributed by atoms with E-state index in [1.807, 2.05) is 48.5 Å². The highest BCUT2D eigenvalue weighted by Crippen LogP contribution is 2.54. The zero-order chi connectivity index (χ0) is 21.1. The molecule has 0 amide bonds. The number of rotatable bonds is 7. The van der Waals surface area contributed by atoms with Gasteiger partial charge in [-0.3, -0.25) is 4.99 Å². The van der Waals surface area contributed by atoms with Crippen molar-refractivity contribution >= 4 is 6.34 Å². The average molecular weight is 420 g/mol. The number of benzene rings is 2. The molecule has 0 spiro atoms. The molecular formula is C24H25FN4O2. The number of aromatic nitrogens is 1. The van der Waals surface area contributed by atoms with Gasteiger partial charge in [0, 0.05) is 24.7 Å². The molecule has 6 nitrogen and oxygen atoms in total. The first-order chi connectivity index (χ1) is 15.2. The lowest BCUT2D eigenvalue weighted by molar-refractivity contribution is 0.0256. The zero-order valence-corrected chi connectivity index (χ0v) is 17.3. The van der Waals surface area contributed by atoms with Crippen LogP contribution in [0.2, 0.25) is 0 Å². The van der Waals surface area contributed by atoms with Gasteiger partial charge in [-0.1, -0.05) is 47.6 Å². The maximum atomic E-state index is 14.9. The minimum Gasteiger partial charge on any atom is -0.379 e. The summed E-state index contributed by atoms with van der Waals surface area (Å²) in [6.45, 7) is 3.55. The van der Waals surface area contributed by atoms with E-state index in [0.717, 1.165) is 61.7 Å². The molecule has 1 saturated heterocycles. The number of morpholine rings is 1. The molecule has 7 heteroatoms. The third kappa shape index (κ3) is 4.24. The van der Waals surface area contributed by atoms with Crippen molar-refractivity contribution in [3.63, 3.8) is 0 Å². The van der Waals surface area contributed by atoms with Crippen molar-refractivity contribution in [1.29, 1.82) is 0 Å². The maximum Gasteiger partial charge on any atom is 0.147 e. The molecule has 5 rings (SSSR count). The molecule has 2 fully saturated rings. The van der Waals surface area contributed by atoms with E-state index >= 15 is 0 Å². The van der Waals surface area contributed by atoms with Gasteiger partial charge in [-0.25, -0.2) is 9.40 Å². The van der Waals surface area contributed by atoms with Gasteiger partial charge >= 0.3 is 0 Å². The molecule has 2 aliphatic rings. The van der Waals surface area contributed by atoms with Gasteiger partial charge < -0.3 is 14.7 Å². The van der Waals surface area contributed by atoms with Crippen molar-refractivity contribution in [1.82, 2.24) is 15.6 Å². The summed E-state index contributed by atoms with van der Waals surface area (Å²) in [6, 6.07) is 17.1. The third-order valence-electron chi connectivity index (χ3n) is 5.98. The SMILES string of the molecule is Fc1cc(C2(c3cc(CN=CNN4CCOCC4)no3)CC2)ccc1-c1ccccc1. The topological polar surface area (TPSA) is 62.9 Å². The Labute approximate surface area is 180 Å². The second kappa shape index (κ2) is 8.61. The summed E-state index contributed by atoms with van der Waals surface area (Å²) < 4.78 is 25.9. The molecular weight excluding hydrogens is 395 g/mol. The molecule has 1 aromatic heterocycles. The second-order valence-corrected chi connectivity index (χ2v) is 8.02. The van der Waals surface area contributed by atoms with Crippen LogP contribution < -0.4 is 5.43 Å². The number of ether oxygens (including phenoxy) is 1. The van der Waals surface area contributed by atoms with Gasteiger partial charge in [0.2, 0.25) is 0 Å². The van der Waals surface area contributed by atoms with Crippen LogP contribution in [0.3, 0.4) is 0 Å². The minimum absolute atomic E-state index is 0.214. The molecule has 160 valence electrons. The van der Waals surface area contributed by atoms with Crippen molar-refractivity contribution in [2.75, 3.05) is 26.3 Å². The normalized spacial score (nSPS) is 18.4. The van der Waals surface area contributed by atoms with Crippen molar-refractivity contribution in [2.45, 2.75) is 24.8 Å². The molecule has 1 N–H and O–H groups in total. The fourth-order valence-electron chi connectivity index (χ4n) is 4.03. The van der Waals surface area contributed by atoms with E-state index in [-0.39, 0.29) is 11.2 Å². The molecule has 0 unspecified atom stereocenters. The fourth-order valence-corrected chi connectivity index (χ4v) is 4.03. The monoisotopic (exact) mass is 420 g/mol. The van der Waals surface area contributed by atoms with Crippen LogP contribution >= 0.6 is 0 Å². The predicted octanol–water partition coefficient (Wildman–Crippen LogP) is 3.93. The molecule has 0 atom stereocenters. The van der Waals surface area contributed by atoms with Crippen LogP contribution in [0.1, 0.15) is 29.9 Å². The van der Waals surface area contributed by atoms with Crippen LogP contribution in [0, 0.1) is 5.82 Å². The molecule has 1 saturated carbocycles. The van der Waals surface area contributed by atoms with E-state index in [2.05, 4.69) is 20.6 Å². The van der Waals surface area contributed by atoms with Crippen molar-refractivity contribution < 1.29 is 13.7 Å². The number of hydrazine groups is 1. The van der Waals surface area contributed by atoms with E-state index in [0.29, 0.717) is 12.1 Å². The lowest BCUT2D eigenvalue weighted by Gasteiger charge is -2.25. The van der Waals surface area contributed by atoms with Gasteiger partial charge in [-0.2, -0.15) is 0 Å². The first kappa shape index (κ1) is 19.9. The van der Waals surface area contributed by atoms with Gasteiger partial charge in [0.1, 0.15) is 17.3 Å². The highest BCUT2D eigenvalue weighted by molar-refractivity contribution is 5.65. The molecule has 1 aliphatic carbocycles. The summed E-state index contributed by atoms with van der Waals surface area (Å²) in [5.41, 5.74) is 6.06. The molecule has 2 aromatic carbocycles. The zero-order valence-electron chi connectivity index (χ0n) is 17.3. The van der Waals surface area contributed by atoms with Crippen LogP contribution in [-0.4, -0.2) is 42.8 Å². The summed E-state index contributed by atoms with van der Waals surface area (Å²) >= 11 is 0. The van der Waals surface area contributed by atoms with Gasteiger partial charge in [-0.15, -0.1) is 0 Å². The first-order valence-electron chi connectivity index (χ1n) is 10.6. The number of nitrogens with zero attached hydrogens (tertiary/aromatic N) is 3. The highest BCUT2D eigenvalue weighted by atomic mass is 19.1. The summed E-state index contributed by atoms with van der Waals surface area (Å²) in [5.74, 6) is 0.569. The Hall–Kier alpha value is -3.03. The molecule has 2 heterocycles. The standard InChI is InChI=1S/C24H25FN4O2/c25-22-14-19(6-7-21(22)18-4-2-1-3-5-18)24(8-9-24)23-15-20(28-31-23)16-26-17-27-29-10-12-30-13-11-29/h1-7,14-15,17H,8-13,16H2,(H,26,27). The van der Waals surface area contributed by atoms with Gasteiger partial charge in [-0.05, 0) is 30.0 Å².